The average Bonchev–Trinajstić information content (AvgIpc) is 2.73. The number of halogens is 1. The zero-order valence-corrected chi connectivity index (χ0v) is 18.0. The van der Waals surface area contributed by atoms with E-state index in [1.54, 1.807) is 30.3 Å². The number of anilines is 1. The third-order valence-electron chi connectivity index (χ3n) is 4.67. The molecule has 5 nitrogen and oxygen atoms in total. The van der Waals surface area contributed by atoms with E-state index < -0.39 is 5.92 Å². The van der Waals surface area contributed by atoms with Gasteiger partial charge in [0.15, 0.2) is 0 Å². The normalized spacial score (nSPS) is 16.0. The van der Waals surface area contributed by atoms with Crippen molar-refractivity contribution in [2.45, 2.75) is 12.8 Å². The number of nitrogens with two attached hydrogens (primary N) is 1. The summed E-state index contributed by atoms with van der Waals surface area (Å²) >= 11 is 7.46. The van der Waals surface area contributed by atoms with E-state index in [0.29, 0.717) is 27.1 Å². The molecule has 1 aliphatic heterocycles. The van der Waals surface area contributed by atoms with E-state index in [0.717, 1.165) is 11.1 Å². The number of hydrogen-bond acceptors (Lipinski definition) is 5. The number of benzene rings is 2. The van der Waals surface area contributed by atoms with Gasteiger partial charge in [0.2, 0.25) is 0 Å². The number of para-hydroxylation sites is 1. The van der Waals surface area contributed by atoms with Crippen LogP contribution in [0.15, 0.2) is 83.2 Å². The van der Waals surface area contributed by atoms with Crippen LogP contribution in [-0.2, 0) is 4.79 Å². The zero-order chi connectivity index (χ0) is 21.7. The van der Waals surface area contributed by atoms with Crippen LogP contribution in [0, 0.1) is 18.3 Å². The molecule has 4 N–H and O–H groups in total. The first-order valence-corrected chi connectivity index (χ1v) is 10.6. The Labute approximate surface area is 185 Å². The van der Waals surface area contributed by atoms with Gasteiger partial charge in [-0.1, -0.05) is 48.0 Å². The van der Waals surface area contributed by atoms with Crippen molar-refractivity contribution in [3.05, 3.63) is 99.3 Å². The van der Waals surface area contributed by atoms with Gasteiger partial charge < -0.3 is 16.4 Å². The fourth-order valence-corrected chi connectivity index (χ4v) is 4.15. The van der Waals surface area contributed by atoms with Crippen LogP contribution in [0.5, 0.6) is 0 Å². The summed E-state index contributed by atoms with van der Waals surface area (Å²) in [4.78, 5) is 13.5. The maximum atomic E-state index is 13.5. The Balaban J connectivity index is 2.13. The molecule has 0 bridgehead atoms. The SMILES string of the molecule is C=CCSC1=C(C(=O)Nc2ccccc2C)C(c2ccc(Cl)cc2)C(C#N)=C(N)N1. The van der Waals surface area contributed by atoms with Gasteiger partial charge in [-0.3, -0.25) is 4.79 Å². The van der Waals surface area contributed by atoms with Crippen molar-refractivity contribution in [2.75, 3.05) is 11.1 Å². The number of hydrogen-bond donors (Lipinski definition) is 3. The van der Waals surface area contributed by atoms with Crippen LogP contribution in [0.3, 0.4) is 0 Å². The fourth-order valence-electron chi connectivity index (χ4n) is 3.19. The molecule has 1 amide bonds. The molecule has 1 heterocycles. The van der Waals surface area contributed by atoms with E-state index in [4.69, 9.17) is 17.3 Å². The van der Waals surface area contributed by atoms with Crippen LogP contribution >= 0.6 is 23.4 Å². The highest BCUT2D eigenvalue weighted by Crippen LogP contribution is 2.40. The topological polar surface area (TPSA) is 90.9 Å². The number of amides is 1. The number of thioether (sulfide) groups is 1. The first kappa shape index (κ1) is 21.6. The molecule has 1 unspecified atom stereocenters. The second-order valence-electron chi connectivity index (χ2n) is 6.66. The molecule has 0 radical (unpaired) electrons. The molecule has 0 saturated heterocycles. The Bertz CT molecular complexity index is 1080. The van der Waals surface area contributed by atoms with Crippen molar-refractivity contribution in [1.29, 1.82) is 5.26 Å². The van der Waals surface area contributed by atoms with E-state index in [2.05, 4.69) is 23.3 Å². The minimum Gasteiger partial charge on any atom is -0.384 e. The minimum absolute atomic E-state index is 0.233. The standard InChI is InChI=1S/C23H21ClN4OS/c1-3-12-30-23-20(22(29)27-18-7-5-4-6-14(18)2)19(17(13-25)21(26)28-23)15-8-10-16(24)11-9-15/h3-11,19,28H,1,12,26H2,2H3,(H,27,29). The van der Waals surface area contributed by atoms with E-state index in [1.807, 2.05) is 31.2 Å². The van der Waals surface area contributed by atoms with Crippen molar-refractivity contribution >= 4 is 35.0 Å². The molecule has 0 fully saturated rings. The monoisotopic (exact) mass is 436 g/mol. The summed E-state index contributed by atoms with van der Waals surface area (Å²) in [5.41, 5.74) is 9.28. The molecule has 7 heteroatoms. The second-order valence-corrected chi connectivity index (χ2v) is 8.13. The maximum Gasteiger partial charge on any atom is 0.255 e. The maximum absolute atomic E-state index is 13.5. The Morgan fingerprint density at radius 1 is 1.33 bits per heavy atom. The number of carbonyl (C=O) groups excluding carboxylic acids is 1. The molecule has 30 heavy (non-hydrogen) atoms. The smallest absolute Gasteiger partial charge is 0.255 e. The van der Waals surface area contributed by atoms with Crippen molar-refractivity contribution in [3.63, 3.8) is 0 Å². The lowest BCUT2D eigenvalue weighted by Crippen LogP contribution is -2.34. The van der Waals surface area contributed by atoms with E-state index >= 15 is 0 Å². The van der Waals surface area contributed by atoms with Gasteiger partial charge in [-0.05, 0) is 36.2 Å². The largest absolute Gasteiger partial charge is 0.384 e. The zero-order valence-electron chi connectivity index (χ0n) is 16.4. The van der Waals surface area contributed by atoms with E-state index in [9.17, 15) is 10.1 Å². The average molecular weight is 437 g/mol. The van der Waals surface area contributed by atoms with Gasteiger partial charge in [0.1, 0.15) is 5.82 Å². The predicted octanol–water partition coefficient (Wildman–Crippen LogP) is 4.80. The van der Waals surface area contributed by atoms with Crippen LogP contribution in [-0.4, -0.2) is 11.7 Å². The number of carbonyl (C=O) groups is 1. The van der Waals surface area contributed by atoms with Gasteiger partial charge in [-0.15, -0.1) is 18.3 Å². The molecule has 0 spiro atoms. The Kier molecular flexibility index (Phi) is 6.88. The first-order valence-electron chi connectivity index (χ1n) is 9.23. The number of aryl methyl sites for hydroxylation is 1. The summed E-state index contributed by atoms with van der Waals surface area (Å²) in [6.45, 7) is 5.67. The summed E-state index contributed by atoms with van der Waals surface area (Å²) in [6.07, 6.45) is 1.74. The minimum atomic E-state index is -0.621. The fraction of sp³-hybridized carbons (Fsp3) is 0.130. The van der Waals surface area contributed by atoms with Crippen molar-refractivity contribution < 1.29 is 4.79 Å². The van der Waals surface area contributed by atoms with Crippen molar-refractivity contribution in [2.24, 2.45) is 5.73 Å². The quantitative estimate of drug-likeness (QED) is 0.566. The summed E-state index contributed by atoms with van der Waals surface area (Å²) in [6, 6.07) is 16.8. The number of rotatable bonds is 6. The highest BCUT2D eigenvalue weighted by atomic mass is 35.5. The molecule has 0 saturated carbocycles. The lowest BCUT2D eigenvalue weighted by Gasteiger charge is -2.29. The third-order valence-corrected chi connectivity index (χ3v) is 5.93. The van der Waals surface area contributed by atoms with Crippen LogP contribution < -0.4 is 16.4 Å². The van der Waals surface area contributed by atoms with Crippen LogP contribution in [0.2, 0.25) is 5.02 Å². The van der Waals surface area contributed by atoms with Gasteiger partial charge in [-0.2, -0.15) is 5.26 Å². The molecule has 3 rings (SSSR count). The Hall–Kier alpha value is -3.14. The van der Waals surface area contributed by atoms with Gasteiger partial charge >= 0.3 is 0 Å². The molecule has 0 aliphatic carbocycles. The lowest BCUT2D eigenvalue weighted by atomic mass is 9.83. The van der Waals surface area contributed by atoms with E-state index in [1.165, 1.54) is 11.8 Å². The Morgan fingerprint density at radius 2 is 2.03 bits per heavy atom. The summed E-state index contributed by atoms with van der Waals surface area (Å²) in [5.74, 6) is -0.115. The van der Waals surface area contributed by atoms with Crippen LogP contribution in [0.4, 0.5) is 5.69 Å². The number of allylic oxidation sites excluding steroid dienone is 1. The molecule has 0 aromatic heterocycles. The first-order chi connectivity index (χ1) is 14.5. The Morgan fingerprint density at radius 3 is 2.67 bits per heavy atom. The number of nitrogens with one attached hydrogen (secondary N) is 2. The highest BCUT2D eigenvalue weighted by molar-refractivity contribution is 8.03. The molecule has 1 atom stereocenters. The summed E-state index contributed by atoms with van der Waals surface area (Å²) in [5, 5.41) is 17.0. The number of nitrogens with zero attached hydrogens (tertiary/aromatic N) is 1. The van der Waals surface area contributed by atoms with Gasteiger partial charge in [0, 0.05) is 16.5 Å². The molecule has 152 valence electrons. The molecule has 1 aliphatic rings. The van der Waals surface area contributed by atoms with E-state index in [-0.39, 0.29) is 17.3 Å². The van der Waals surface area contributed by atoms with Gasteiger partial charge in [-0.25, -0.2) is 0 Å². The summed E-state index contributed by atoms with van der Waals surface area (Å²) < 4.78 is 0. The van der Waals surface area contributed by atoms with Crippen LogP contribution in [0.1, 0.15) is 17.0 Å². The second kappa shape index (κ2) is 9.57. The van der Waals surface area contributed by atoms with Gasteiger partial charge in [0.05, 0.1) is 28.2 Å². The van der Waals surface area contributed by atoms with Gasteiger partial charge in [0.25, 0.3) is 5.91 Å². The van der Waals surface area contributed by atoms with Crippen molar-refractivity contribution in [3.8, 4) is 6.07 Å². The number of nitriles is 1. The molecule has 2 aromatic carbocycles. The highest BCUT2D eigenvalue weighted by Gasteiger charge is 2.35. The number of dihydropyridines is 1. The lowest BCUT2D eigenvalue weighted by molar-refractivity contribution is -0.113. The third kappa shape index (κ3) is 4.54. The van der Waals surface area contributed by atoms with Crippen molar-refractivity contribution in [1.82, 2.24) is 5.32 Å². The molecule has 2 aromatic rings. The van der Waals surface area contributed by atoms with Crippen LogP contribution in [0.25, 0.3) is 0 Å². The molecular weight excluding hydrogens is 416 g/mol. The summed E-state index contributed by atoms with van der Waals surface area (Å²) in [7, 11) is 0. The molecular formula is C23H21ClN4OS. The predicted molar refractivity (Wildman–Crippen MR) is 124 cm³/mol.